The number of ether oxygens (including phenoxy) is 2. The first-order chi connectivity index (χ1) is 15.7. The SMILES string of the molecule is CC.Fc1ccc(OCCCCN2CCN(CCCCOc3ccc(F)cc3)CC2)cc1. The highest BCUT2D eigenvalue weighted by molar-refractivity contribution is 5.22. The van der Waals surface area contributed by atoms with E-state index in [0.717, 1.165) is 76.5 Å². The Labute approximate surface area is 192 Å². The van der Waals surface area contributed by atoms with Crippen LogP contribution in [0.3, 0.4) is 0 Å². The molecule has 0 radical (unpaired) electrons. The van der Waals surface area contributed by atoms with E-state index >= 15 is 0 Å². The van der Waals surface area contributed by atoms with E-state index in [0.29, 0.717) is 13.2 Å². The summed E-state index contributed by atoms with van der Waals surface area (Å²) in [6, 6.07) is 12.4. The maximum absolute atomic E-state index is 12.9. The third-order valence-corrected chi connectivity index (χ3v) is 5.37. The molecule has 1 fully saturated rings. The molecule has 0 bridgehead atoms. The number of piperazine rings is 1. The molecule has 1 saturated heterocycles. The van der Waals surface area contributed by atoms with Crippen molar-refractivity contribution in [3.63, 3.8) is 0 Å². The largest absolute Gasteiger partial charge is 0.494 e. The number of rotatable bonds is 12. The number of nitrogens with zero attached hydrogens (tertiary/aromatic N) is 2. The number of benzene rings is 2. The third-order valence-electron chi connectivity index (χ3n) is 5.37. The molecule has 0 saturated carbocycles. The molecule has 1 heterocycles. The van der Waals surface area contributed by atoms with E-state index in [9.17, 15) is 8.78 Å². The molecular weight excluding hydrogens is 410 g/mol. The number of halogens is 2. The molecule has 2 aromatic carbocycles. The van der Waals surface area contributed by atoms with Crippen LogP contribution in [0.2, 0.25) is 0 Å². The second-order valence-corrected chi connectivity index (χ2v) is 7.70. The van der Waals surface area contributed by atoms with Crippen molar-refractivity contribution in [1.82, 2.24) is 9.80 Å². The minimum Gasteiger partial charge on any atom is -0.494 e. The van der Waals surface area contributed by atoms with E-state index in [1.54, 1.807) is 24.3 Å². The second-order valence-electron chi connectivity index (χ2n) is 7.70. The van der Waals surface area contributed by atoms with Gasteiger partial charge in [0.1, 0.15) is 23.1 Å². The predicted molar refractivity (Wildman–Crippen MR) is 126 cm³/mol. The van der Waals surface area contributed by atoms with Crippen LogP contribution in [-0.2, 0) is 0 Å². The van der Waals surface area contributed by atoms with Crippen molar-refractivity contribution in [3.05, 3.63) is 60.2 Å². The van der Waals surface area contributed by atoms with Crippen LogP contribution in [0.5, 0.6) is 11.5 Å². The zero-order valence-electron chi connectivity index (χ0n) is 19.6. The Morgan fingerprint density at radius 2 is 0.938 bits per heavy atom. The molecule has 0 unspecified atom stereocenters. The second kappa shape index (κ2) is 15.6. The van der Waals surface area contributed by atoms with Gasteiger partial charge in [0.15, 0.2) is 0 Å². The summed E-state index contributed by atoms with van der Waals surface area (Å²) in [7, 11) is 0. The molecule has 4 nitrogen and oxygen atoms in total. The van der Waals surface area contributed by atoms with Gasteiger partial charge in [0.05, 0.1) is 13.2 Å². The van der Waals surface area contributed by atoms with Crippen LogP contribution in [0.15, 0.2) is 48.5 Å². The van der Waals surface area contributed by atoms with E-state index in [2.05, 4.69) is 9.80 Å². The first-order valence-electron chi connectivity index (χ1n) is 11.9. The summed E-state index contributed by atoms with van der Waals surface area (Å²) < 4.78 is 37.0. The summed E-state index contributed by atoms with van der Waals surface area (Å²) in [5, 5.41) is 0. The first kappa shape index (κ1) is 26.1. The normalized spacial score (nSPS) is 14.5. The van der Waals surface area contributed by atoms with Gasteiger partial charge in [0.2, 0.25) is 0 Å². The van der Waals surface area contributed by atoms with Crippen LogP contribution >= 0.6 is 0 Å². The molecule has 6 heteroatoms. The fourth-order valence-corrected chi connectivity index (χ4v) is 3.55. The van der Waals surface area contributed by atoms with E-state index in [-0.39, 0.29) is 11.6 Å². The number of hydrogen-bond acceptors (Lipinski definition) is 4. The summed E-state index contributed by atoms with van der Waals surface area (Å²) in [6.07, 6.45) is 4.24. The van der Waals surface area contributed by atoms with Gasteiger partial charge in [-0.25, -0.2) is 8.78 Å². The van der Waals surface area contributed by atoms with Gasteiger partial charge >= 0.3 is 0 Å². The van der Waals surface area contributed by atoms with E-state index in [1.165, 1.54) is 24.3 Å². The fraction of sp³-hybridized carbons (Fsp3) is 0.538. The van der Waals surface area contributed by atoms with Gasteiger partial charge in [-0.1, -0.05) is 13.8 Å². The average Bonchev–Trinajstić information content (AvgIpc) is 2.83. The Hall–Kier alpha value is -2.18. The molecule has 1 aliphatic heterocycles. The van der Waals surface area contributed by atoms with Crippen LogP contribution in [-0.4, -0.2) is 62.3 Å². The van der Waals surface area contributed by atoms with Crippen LogP contribution < -0.4 is 9.47 Å². The quantitative estimate of drug-likeness (QED) is 0.393. The summed E-state index contributed by atoms with van der Waals surface area (Å²) >= 11 is 0. The summed E-state index contributed by atoms with van der Waals surface area (Å²) in [5.74, 6) is 0.987. The molecule has 0 amide bonds. The van der Waals surface area contributed by atoms with Gasteiger partial charge in [-0.2, -0.15) is 0 Å². The molecule has 0 atom stereocenters. The van der Waals surface area contributed by atoms with Crippen molar-refractivity contribution in [2.45, 2.75) is 39.5 Å². The first-order valence-corrected chi connectivity index (χ1v) is 11.9. The van der Waals surface area contributed by atoms with Gasteiger partial charge in [0, 0.05) is 26.2 Å². The fourth-order valence-electron chi connectivity index (χ4n) is 3.55. The minimum absolute atomic E-state index is 0.236. The molecule has 0 spiro atoms. The van der Waals surface area contributed by atoms with Crippen molar-refractivity contribution in [3.8, 4) is 11.5 Å². The molecule has 1 aliphatic rings. The number of hydrogen-bond donors (Lipinski definition) is 0. The Kier molecular flexibility index (Phi) is 12.7. The van der Waals surface area contributed by atoms with Crippen molar-refractivity contribution < 1.29 is 18.3 Å². The molecular formula is C26H38F2N2O2. The highest BCUT2D eigenvalue weighted by Gasteiger charge is 2.15. The lowest BCUT2D eigenvalue weighted by molar-refractivity contribution is 0.126. The Bertz CT molecular complexity index is 654. The Morgan fingerprint density at radius 3 is 1.28 bits per heavy atom. The molecule has 2 aromatic rings. The molecule has 32 heavy (non-hydrogen) atoms. The maximum Gasteiger partial charge on any atom is 0.123 e. The molecule has 0 N–H and O–H groups in total. The van der Waals surface area contributed by atoms with Gasteiger partial charge in [-0.05, 0) is 87.3 Å². The lowest BCUT2D eigenvalue weighted by atomic mass is 10.2. The van der Waals surface area contributed by atoms with Crippen molar-refractivity contribution in [2.24, 2.45) is 0 Å². The zero-order chi connectivity index (χ0) is 23.0. The minimum atomic E-state index is -0.236. The van der Waals surface area contributed by atoms with Crippen LogP contribution in [0.1, 0.15) is 39.5 Å². The van der Waals surface area contributed by atoms with Crippen molar-refractivity contribution in [1.29, 1.82) is 0 Å². The highest BCUT2D eigenvalue weighted by Crippen LogP contribution is 2.13. The standard InChI is InChI=1S/C24H32F2N2O2.C2H6/c25-21-5-9-23(10-6-21)29-19-3-1-13-27-15-17-28(18-16-27)14-2-4-20-30-24-11-7-22(26)8-12-24;1-2/h5-12H,1-4,13-20H2;1-2H3. The van der Waals surface area contributed by atoms with Crippen molar-refractivity contribution >= 4 is 0 Å². The summed E-state index contributed by atoms with van der Waals surface area (Å²) in [5.41, 5.74) is 0. The monoisotopic (exact) mass is 448 g/mol. The van der Waals surface area contributed by atoms with Gasteiger partial charge < -0.3 is 19.3 Å². The lowest BCUT2D eigenvalue weighted by Crippen LogP contribution is -2.46. The zero-order valence-corrected chi connectivity index (χ0v) is 19.6. The Balaban J connectivity index is 0.00000176. The van der Waals surface area contributed by atoms with Crippen LogP contribution in [0.4, 0.5) is 8.78 Å². The lowest BCUT2D eigenvalue weighted by Gasteiger charge is -2.34. The number of unbranched alkanes of at least 4 members (excludes halogenated alkanes) is 2. The van der Waals surface area contributed by atoms with Crippen molar-refractivity contribution in [2.75, 3.05) is 52.5 Å². The van der Waals surface area contributed by atoms with E-state index in [1.807, 2.05) is 13.8 Å². The Morgan fingerprint density at radius 1 is 0.594 bits per heavy atom. The maximum atomic E-state index is 12.9. The van der Waals surface area contributed by atoms with E-state index in [4.69, 9.17) is 9.47 Å². The summed E-state index contributed by atoms with van der Waals surface area (Å²) in [6.45, 7) is 12.0. The average molecular weight is 449 g/mol. The third kappa shape index (κ3) is 10.4. The smallest absolute Gasteiger partial charge is 0.123 e. The van der Waals surface area contributed by atoms with Gasteiger partial charge in [-0.3, -0.25) is 0 Å². The highest BCUT2D eigenvalue weighted by atomic mass is 19.1. The summed E-state index contributed by atoms with van der Waals surface area (Å²) in [4.78, 5) is 5.04. The van der Waals surface area contributed by atoms with Crippen LogP contribution in [0, 0.1) is 11.6 Å². The van der Waals surface area contributed by atoms with Crippen LogP contribution in [0.25, 0.3) is 0 Å². The topological polar surface area (TPSA) is 24.9 Å². The van der Waals surface area contributed by atoms with E-state index < -0.39 is 0 Å². The molecule has 0 aliphatic carbocycles. The molecule has 178 valence electrons. The van der Waals surface area contributed by atoms with Gasteiger partial charge in [0.25, 0.3) is 0 Å². The molecule has 3 rings (SSSR count). The predicted octanol–water partition coefficient (Wildman–Crippen LogP) is 5.63. The van der Waals surface area contributed by atoms with Gasteiger partial charge in [-0.15, -0.1) is 0 Å². The molecule has 0 aromatic heterocycles.